The quantitative estimate of drug-likeness (QED) is 0.588. The highest BCUT2D eigenvalue weighted by molar-refractivity contribution is 7.92. The van der Waals surface area contributed by atoms with Crippen LogP contribution in [0.1, 0.15) is 12.8 Å². The molecule has 1 aliphatic heterocycles. The molecule has 162 valence electrons. The number of carboxylic acid groups (broad SMARTS) is 1. The number of ether oxygens (including phenoxy) is 1. The highest BCUT2D eigenvalue weighted by Crippen LogP contribution is 2.35. The Bertz CT molecular complexity index is 1180. The largest absolute Gasteiger partial charge is 0.482 e. The third-order valence-corrected chi connectivity index (χ3v) is 6.19. The van der Waals surface area contributed by atoms with Crippen LogP contribution in [0.3, 0.4) is 0 Å². The fraction of sp³-hybridized carbons (Fsp3) is 0.250. The summed E-state index contributed by atoms with van der Waals surface area (Å²) < 4.78 is 33.5. The summed E-state index contributed by atoms with van der Waals surface area (Å²) >= 11 is 0. The Morgan fingerprint density at radius 1 is 1.13 bits per heavy atom. The number of rotatable bonds is 7. The molecule has 0 saturated heterocycles. The van der Waals surface area contributed by atoms with E-state index >= 15 is 0 Å². The highest BCUT2D eigenvalue weighted by atomic mass is 32.2. The lowest BCUT2D eigenvalue weighted by molar-refractivity contribution is -0.137. The fourth-order valence-corrected chi connectivity index (χ4v) is 4.19. The molecule has 2 amide bonds. The van der Waals surface area contributed by atoms with E-state index in [-0.39, 0.29) is 40.5 Å². The van der Waals surface area contributed by atoms with Crippen LogP contribution < -0.4 is 19.7 Å². The number of hydrogen-bond donors (Lipinski definition) is 3. The topological polar surface area (TPSA) is 142 Å². The van der Waals surface area contributed by atoms with E-state index in [1.807, 2.05) is 0 Å². The van der Waals surface area contributed by atoms with Crippen molar-refractivity contribution in [3.8, 4) is 5.75 Å². The van der Waals surface area contributed by atoms with Crippen LogP contribution in [0.4, 0.5) is 17.1 Å². The number of carboxylic acids is 1. The van der Waals surface area contributed by atoms with Crippen molar-refractivity contribution in [2.24, 2.45) is 5.92 Å². The first-order chi connectivity index (χ1) is 14.7. The van der Waals surface area contributed by atoms with E-state index in [2.05, 4.69) is 10.0 Å². The SMILES string of the molecule is O=C(O)CN1C(=O)COc2ccc(S(=O)(=O)Nc3cccc(NC(=O)C4CC4)c3)cc21. The van der Waals surface area contributed by atoms with Gasteiger partial charge in [0.2, 0.25) is 5.91 Å². The first kappa shape index (κ1) is 20.7. The van der Waals surface area contributed by atoms with Crippen molar-refractivity contribution in [1.29, 1.82) is 0 Å². The standard InChI is InChI=1S/C20H19N3O7S/c24-18-11-30-17-7-6-15(9-16(17)23(18)10-19(25)26)31(28,29)22-14-3-1-2-13(8-14)21-20(27)12-4-5-12/h1-3,6-9,12,22H,4-5,10-11H2,(H,21,27)(H,25,26). The number of amides is 2. The van der Waals surface area contributed by atoms with Gasteiger partial charge in [-0.25, -0.2) is 8.42 Å². The number of hydrogen-bond acceptors (Lipinski definition) is 6. The summed E-state index contributed by atoms with van der Waals surface area (Å²) in [6, 6.07) is 10.2. The Balaban J connectivity index is 1.58. The zero-order valence-electron chi connectivity index (χ0n) is 16.2. The molecule has 0 radical (unpaired) electrons. The van der Waals surface area contributed by atoms with E-state index in [1.54, 1.807) is 12.1 Å². The van der Waals surface area contributed by atoms with Gasteiger partial charge in [0.15, 0.2) is 6.61 Å². The molecule has 0 spiro atoms. The van der Waals surface area contributed by atoms with Gasteiger partial charge in [-0.05, 0) is 49.2 Å². The average Bonchev–Trinajstić information content (AvgIpc) is 3.55. The predicted octanol–water partition coefficient (Wildman–Crippen LogP) is 1.65. The number of anilines is 3. The van der Waals surface area contributed by atoms with Crippen LogP contribution in [0.15, 0.2) is 47.4 Å². The van der Waals surface area contributed by atoms with Gasteiger partial charge in [0.05, 0.1) is 16.3 Å². The van der Waals surface area contributed by atoms with Crippen molar-refractivity contribution >= 4 is 44.9 Å². The van der Waals surface area contributed by atoms with Crippen LogP contribution in [0.5, 0.6) is 5.75 Å². The summed E-state index contributed by atoms with van der Waals surface area (Å²) in [5.41, 5.74) is 0.766. The van der Waals surface area contributed by atoms with E-state index in [4.69, 9.17) is 9.84 Å². The Kier molecular flexibility index (Phi) is 5.27. The molecule has 2 aromatic carbocycles. The van der Waals surface area contributed by atoms with Gasteiger partial charge in [0.25, 0.3) is 15.9 Å². The number of carbonyl (C=O) groups is 3. The summed E-state index contributed by atoms with van der Waals surface area (Å²) in [5.74, 6) is -1.70. The van der Waals surface area contributed by atoms with Crippen molar-refractivity contribution in [2.45, 2.75) is 17.7 Å². The predicted molar refractivity (Wildman–Crippen MR) is 111 cm³/mol. The van der Waals surface area contributed by atoms with Gasteiger partial charge < -0.3 is 15.2 Å². The molecule has 31 heavy (non-hydrogen) atoms. The van der Waals surface area contributed by atoms with E-state index in [0.29, 0.717) is 5.69 Å². The second-order valence-corrected chi connectivity index (χ2v) is 8.92. The van der Waals surface area contributed by atoms with Crippen LogP contribution >= 0.6 is 0 Å². The smallest absolute Gasteiger partial charge is 0.323 e. The van der Waals surface area contributed by atoms with E-state index in [9.17, 15) is 22.8 Å². The lowest BCUT2D eigenvalue weighted by Crippen LogP contribution is -2.42. The molecule has 1 saturated carbocycles. The zero-order valence-corrected chi connectivity index (χ0v) is 17.0. The minimum atomic E-state index is -4.07. The van der Waals surface area contributed by atoms with Gasteiger partial charge in [-0.2, -0.15) is 0 Å². The van der Waals surface area contributed by atoms with Crippen molar-refractivity contribution in [2.75, 3.05) is 28.1 Å². The maximum absolute atomic E-state index is 12.9. The maximum atomic E-state index is 12.9. The number of sulfonamides is 1. The summed E-state index contributed by atoms with van der Waals surface area (Å²) in [7, 11) is -4.07. The van der Waals surface area contributed by atoms with Gasteiger partial charge in [-0.3, -0.25) is 24.0 Å². The molecule has 4 rings (SSSR count). The van der Waals surface area contributed by atoms with Crippen LogP contribution in [0.25, 0.3) is 0 Å². The molecule has 3 N–H and O–H groups in total. The Morgan fingerprint density at radius 3 is 2.58 bits per heavy atom. The van der Waals surface area contributed by atoms with Crippen molar-refractivity contribution in [1.82, 2.24) is 0 Å². The van der Waals surface area contributed by atoms with Crippen LogP contribution in [-0.2, 0) is 24.4 Å². The second-order valence-electron chi connectivity index (χ2n) is 7.24. The number of nitrogens with one attached hydrogen (secondary N) is 2. The Labute approximate surface area is 177 Å². The Hall–Kier alpha value is -3.60. The van der Waals surface area contributed by atoms with Gasteiger partial charge in [0, 0.05) is 11.6 Å². The number of fused-ring (bicyclic) bond motifs is 1. The maximum Gasteiger partial charge on any atom is 0.323 e. The number of aliphatic carboxylic acids is 1. The minimum Gasteiger partial charge on any atom is -0.482 e. The van der Waals surface area contributed by atoms with Crippen molar-refractivity contribution in [3.05, 3.63) is 42.5 Å². The first-order valence-electron chi connectivity index (χ1n) is 9.46. The molecule has 11 heteroatoms. The molecule has 2 aliphatic rings. The summed E-state index contributed by atoms with van der Waals surface area (Å²) in [6.07, 6.45) is 1.70. The first-order valence-corrected chi connectivity index (χ1v) is 10.9. The van der Waals surface area contributed by atoms with Gasteiger partial charge in [0.1, 0.15) is 12.3 Å². The molecular weight excluding hydrogens is 426 g/mol. The average molecular weight is 445 g/mol. The van der Waals surface area contributed by atoms with Crippen molar-refractivity contribution in [3.63, 3.8) is 0 Å². The van der Waals surface area contributed by atoms with Gasteiger partial charge >= 0.3 is 5.97 Å². The normalized spacial score (nSPS) is 15.6. The third-order valence-electron chi connectivity index (χ3n) is 4.81. The lowest BCUT2D eigenvalue weighted by atomic mass is 10.2. The molecular formula is C20H19N3O7S. The molecule has 0 bridgehead atoms. The van der Waals surface area contributed by atoms with E-state index in [1.165, 1.54) is 30.3 Å². The molecule has 0 aromatic heterocycles. The molecule has 1 fully saturated rings. The lowest BCUT2D eigenvalue weighted by Gasteiger charge is -2.28. The van der Waals surface area contributed by atoms with Crippen LogP contribution in [0.2, 0.25) is 0 Å². The van der Waals surface area contributed by atoms with Crippen LogP contribution in [0, 0.1) is 5.92 Å². The molecule has 0 atom stereocenters. The molecule has 1 heterocycles. The number of carbonyl (C=O) groups excluding carboxylic acids is 2. The van der Waals surface area contributed by atoms with Crippen molar-refractivity contribution < 1.29 is 32.6 Å². The van der Waals surface area contributed by atoms with Crippen LogP contribution in [-0.4, -0.2) is 44.5 Å². The highest BCUT2D eigenvalue weighted by Gasteiger charge is 2.30. The van der Waals surface area contributed by atoms with Gasteiger partial charge in [-0.1, -0.05) is 6.07 Å². The fourth-order valence-electron chi connectivity index (χ4n) is 3.12. The zero-order chi connectivity index (χ0) is 22.2. The molecule has 1 aliphatic carbocycles. The van der Waals surface area contributed by atoms with E-state index < -0.39 is 28.4 Å². The number of nitrogens with zero attached hydrogens (tertiary/aromatic N) is 1. The second kappa shape index (κ2) is 7.91. The molecule has 10 nitrogen and oxygen atoms in total. The Morgan fingerprint density at radius 2 is 1.87 bits per heavy atom. The third kappa shape index (κ3) is 4.61. The summed E-state index contributed by atoms with van der Waals surface area (Å²) in [6.45, 7) is -0.946. The summed E-state index contributed by atoms with van der Waals surface area (Å²) in [5, 5.41) is 11.8. The minimum absolute atomic E-state index is 0.00882. The monoisotopic (exact) mass is 445 g/mol. The van der Waals surface area contributed by atoms with E-state index in [0.717, 1.165) is 17.7 Å². The summed E-state index contributed by atoms with van der Waals surface area (Å²) in [4.78, 5) is 35.9. The number of benzene rings is 2. The van der Waals surface area contributed by atoms with Gasteiger partial charge in [-0.15, -0.1) is 0 Å². The molecule has 0 unspecified atom stereocenters. The molecule has 2 aromatic rings.